The van der Waals surface area contributed by atoms with Gasteiger partial charge in [-0.05, 0) is 38.1 Å². The molecule has 5 nitrogen and oxygen atoms in total. The molecule has 1 aliphatic rings. The molecule has 1 saturated heterocycles. The summed E-state index contributed by atoms with van der Waals surface area (Å²) in [4.78, 5) is 25.3. The fraction of sp³-hybridized carbons (Fsp3) is 0.467. The summed E-state index contributed by atoms with van der Waals surface area (Å²) < 4.78 is 0. The summed E-state index contributed by atoms with van der Waals surface area (Å²) in [6.07, 6.45) is 0. The third-order valence-electron chi connectivity index (χ3n) is 3.40. The number of nitrogens with one attached hydrogen (secondary N) is 2. The predicted molar refractivity (Wildman–Crippen MR) is 79.0 cm³/mol. The molecule has 1 aliphatic heterocycles. The summed E-state index contributed by atoms with van der Waals surface area (Å²) in [7, 11) is 0. The van der Waals surface area contributed by atoms with E-state index in [4.69, 9.17) is 0 Å². The van der Waals surface area contributed by atoms with Gasteiger partial charge in [0, 0.05) is 36.9 Å². The molecule has 1 atom stereocenters. The molecule has 1 heterocycles. The number of piperazine rings is 1. The molecule has 0 radical (unpaired) electrons. The van der Waals surface area contributed by atoms with Crippen molar-refractivity contribution in [2.45, 2.75) is 19.9 Å². The van der Waals surface area contributed by atoms with Crippen LogP contribution in [0.3, 0.4) is 0 Å². The second kappa shape index (κ2) is 6.63. The third-order valence-corrected chi connectivity index (χ3v) is 3.40. The maximum atomic E-state index is 12.0. The van der Waals surface area contributed by atoms with Crippen molar-refractivity contribution in [3.8, 4) is 0 Å². The summed E-state index contributed by atoms with van der Waals surface area (Å²) in [6.45, 7) is 6.74. The zero-order valence-electron chi connectivity index (χ0n) is 12.0. The van der Waals surface area contributed by atoms with Gasteiger partial charge in [0.05, 0.1) is 6.54 Å². The van der Waals surface area contributed by atoms with Crippen LogP contribution >= 0.6 is 0 Å². The van der Waals surface area contributed by atoms with E-state index in [1.165, 1.54) is 6.92 Å². The number of carbonyl (C=O) groups excluding carboxylic acids is 2. The molecular weight excluding hydrogens is 254 g/mol. The van der Waals surface area contributed by atoms with E-state index >= 15 is 0 Å². The number of hydrogen-bond donors (Lipinski definition) is 2. The lowest BCUT2D eigenvalue weighted by Crippen LogP contribution is -2.51. The van der Waals surface area contributed by atoms with Crippen LogP contribution in [0.1, 0.15) is 24.2 Å². The Morgan fingerprint density at radius 1 is 1.35 bits per heavy atom. The Balaban J connectivity index is 1.86. The number of amides is 1. The van der Waals surface area contributed by atoms with Crippen molar-refractivity contribution < 1.29 is 9.59 Å². The van der Waals surface area contributed by atoms with Gasteiger partial charge in [-0.25, -0.2) is 0 Å². The molecule has 108 valence electrons. The number of Topliss-reactive ketones (excluding diaryl/α,β-unsaturated/α-hetero) is 1. The van der Waals surface area contributed by atoms with Gasteiger partial charge in [0.15, 0.2) is 5.78 Å². The molecule has 2 rings (SSSR count). The fourth-order valence-corrected chi connectivity index (χ4v) is 2.35. The lowest BCUT2D eigenvalue weighted by Gasteiger charge is -2.31. The zero-order valence-corrected chi connectivity index (χ0v) is 12.0. The Labute approximate surface area is 119 Å². The second-order valence-electron chi connectivity index (χ2n) is 5.27. The van der Waals surface area contributed by atoms with Gasteiger partial charge in [-0.15, -0.1) is 0 Å². The largest absolute Gasteiger partial charge is 0.325 e. The van der Waals surface area contributed by atoms with Crippen LogP contribution in [0.4, 0.5) is 5.69 Å². The van der Waals surface area contributed by atoms with E-state index in [0.717, 1.165) is 25.3 Å². The molecule has 0 spiro atoms. The van der Waals surface area contributed by atoms with E-state index in [0.29, 0.717) is 18.2 Å². The number of benzene rings is 1. The Hall–Kier alpha value is -1.72. The predicted octanol–water partition coefficient (Wildman–Crippen LogP) is 1.12. The molecule has 0 aliphatic carbocycles. The number of carbonyl (C=O) groups is 2. The van der Waals surface area contributed by atoms with E-state index in [2.05, 4.69) is 22.5 Å². The van der Waals surface area contributed by atoms with Crippen LogP contribution in [0, 0.1) is 0 Å². The summed E-state index contributed by atoms with van der Waals surface area (Å²) in [5.74, 6) is 0.00681. The average molecular weight is 275 g/mol. The lowest BCUT2D eigenvalue weighted by atomic mass is 10.1. The molecule has 0 saturated carbocycles. The maximum Gasteiger partial charge on any atom is 0.238 e. The molecule has 1 aromatic carbocycles. The molecule has 0 aromatic heterocycles. The highest BCUT2D eigenvalue weighted by Crippen LogP contribution is 2.10. The lowest BCUT2D eigenvalue weighted by molar-refractivity contribution is -0.117. The van der Waals surface area contributed by atoms with Gasteiger partial charge in [0.2, 0.25) is 5.91 Å². The number of rotatable bonds is 4. The van der Waals surface area contributed by atoms with Gasteiger partial charge < -0.3 is 10.6 Å². The number of hydrogen-bond acceptors (Lipinski definition) is 4. The highest BCUT2D eigenvalue weighted by atomic mass is 16.2. The van der Waals surface area contributed by atoms with E-state index < -0.39 is 0 Å². The third kappa shape index (κ3) is 4.15. The van der Waals surface area contributed by atoms with E-state index in [9.17, 15) is 9.59 Å². The van der Waals surface area contributed by atoms with Crippen LogP contribution in [0.25, 0.3) is 0 Å². The Morgan fingerprint density at radius 3 is 2.65 bits per heavy atom. The van der Waals surface area contributed by atoms with Crippen LogP contribution in [0.5, 0.6) is 0 Å². The first kappa shape index (κ1) is 14.7. The SMILES string of the molecule is CC(=O)c1ccc(NC(=O)CN2CCN[C@@H](C)C2)cc1. The summed E-state index contributed by atoms with van der Waals surface area (Å²) in [5, 5.41) is 6.20. The standard InChI is InChI=1S/C15H21N3O2/c1-11-9-18(8-7-16-11)10-15(20)17-14-5-3-13(4-6-14)12(2)19/h3-6,11,16H,7-10H2,1-2H3,(H,17,20)/t11-/m0/s1. The first-order valence-corrected chi connectivity index (χ1v) is 6.91. The number of ketones is 1. The molecule has 20 heavy (non-hydrogen) atoms. The summed E-state index contributed by atoms with van der Waals surface area (Å²) >= 11 is 0. The first-order valence-electron chi connectivity index (χ1n) is 6.91. The van der Waals surface area contributed by atoms with Crippen molar-refractivity contribution in [2.75, 3.05) is 31.5 Å². The van der Waals surface area contributed by atoms with E-state index in [1.807, 2.05) is 0 Å². The van der Waals surface area contributed by atoms with Crippen LogP contribution in [-0.4, -0.2) is 48.8 Å². The van der Waals surface area contributed by atoms with Gasteiger partial charge in [-0.2, -0.15) is 0 Å². The van der Waals surface area contributed by atoms with Crippen molar-refractivity contribution in [1.82, 2.24) is 10.2 Å². The molecule has 2 N–H and O–H groups in total. The second-order valence-corrected chi connectivity index (χ2v) is 5.27. The Morgan fingerprint density at radius 2 is 2.05 bits per heavy atom. The highest BCUT2D eigenvalue weighted by molar-refractivity contribution is 5.96. The minimum absolute atomic E-state index is 0.0188. The van der Waals surface area contributed by atoms with Crippen molar-refractivity contribution >= 4 is 17.4 Å². The summed E-state index contributed by atoms with van der Waals surface area (Å²) in [5.41, 5.74) is 1.38. The minimum atomic E-state index is -0.0188. The normalized spacial score (nSPS) is 19.6. The molecule has 1 fully saturated rings. The van der Waals surface area contributed by atoms with Crippen molar-refractivity contribution in [3.05, 3.63) is 29.8 Å². The monoisotopic (exact) mass is 275 g/mol. The number of anilines is 1. The van der Waals surface area contributed by atoms with Gasteiger partial charge in [-0.1, -0.05) is 0 Å². The van der Waals surface area contributed by atoms with Crippen LogP contribution in [-0.2, 0) is 4.79 Å². The Kier molecular flexibility index (Phi) is 4.87. The average Bonchev–Trinajstić information content (AvgIpc) is 2.39. The van der Waals surface area contributed by atoms with Crippen molar-refractivity contribution in [3.63, 3.8) is 0 Å². The first-order chi connectivity index (χ1) is 9.54. The van der Waals surface area contributed by atoms with Crippen molar-refractivity contribution in [1.29, 1.82) is 0 Å². The minimum Gasteiger partial charge on any atom is -0.325 e. The molecule has 1 aromatic rings. The van der Waals surface area contributed by atoms with Crippen LogP contribution in [0.2, 0.25) is 0 Å². The smallest absolute Gasteiger partial charge is 0.238 e. The fourth-order valence-electron chi connectivity index (χ4n) is 2.35. The van der Waals surface area contributed by atoms with E-state index in [1.54, 1.807) is 24.3 Å². The topological polar surface area (TPSA) is 61.4 Å². The van der Waals surface area contributed by atoms with Gasteiger partial charge >= 0.3 is 0 Å². The van der Waals surface area contributed by atoms with Crippen molar-refractivity contribution in [2.24, 2.45) is 0 Å². The molecule has 0 bridgehead atoms. The maximum absolute atomic E-state index is 12.0. The zero-order chi connectivity index (χ0) is 14.5. The molecule has 5 heteroatoms. The quantitative estimate of drug-likeness (QED) is 0.808. The molecule has 1 amide bonds. The summed E-state index contributed by atoms with van der Waals surface area (Å²) in [6, 6.07) is 7.39. The molecule has 0 unspecified atom stereocenters. The molecular formula is C15H21N3O2. The van der Waals surface area contributed by atoms with Gasteiger partial charge in [0.25, 0.3) is 0 Å². The van der Waals surface area contributed by atoms with Gasteiger partial charge in [0.1, 0.15) is 0 Å². The van der Waals surface area contributed by atoms with Crippen LogP contribution < -0.4 is 10.6 Å². The Bertz CT molecular complexity index is 484. The van der Waals surface area contributed by atoms with E-state index in [-0.39, 0.29) is 11.7 Å². The number of nitrogens with zero attached hydrogens (tertiary/aromatic N) is 1. The van der Waals surface area contributed by atoms with Gasteiger partial charge in [-0.3, -0.25) is 14.5 Å². The highest BCUT2D eigenvalue weighted by Gasteiger charge is 2.17. The van der Waals surface area contributed by atoms with Crippen LogP contribution in [0.15, 0.2) is 24.3 Å².